The number of carbonyl (C=O) groups excluding carboxylic acids is 2. The normalized spacial score (nSPS) is 15.9. The van der Waals surface area contributed by atoms with Crippen LogP contribution < -0.4 is 5.32 Å². The van der Waals surface area contributed by atoms with Gasteiger partial charge in [-0.1, -0.05) is 6.07 Å². The number of piperidine rings is 1. The van der Waals surface area contributed by atoms with E-state index in [1.807, 2.05) is 68.8 Å². The summed E-state index contributed by atoms with van der Waals surface area (Å²) in [5.41, 5.74) is 4.24. The van der Waals surface area contributed by atoms with Gasteiger partial charge in [-0.05, 0) is 76.9 Å². The number of amides is 2. The average molecular weight is 527 g/mol. The molecular formula is C30H34N6O3. The van der Waals surface area contributed by atoms with E-state index in [1.165, 1.54) is 0 Å². The second-order valence-corrected chi connectivity index (χ2v) is 11.1. The second kappa shape index (κ2) is 10.1. The minimum atomic E-state index is -0.573. The number of ether oxygens (including phenoxy) is 1. The van der Waals surface area contributed by atoms with Gasteiger partial charge in [-0.15, -0.1) is 0 Å². The quantitative estimate of drug-likeness (QED) is 0.393. The standard InChI is InChI=1S/C30H34N6O3/c1-6-36-25-14-19(17-31)9-10-20(25)16-26(36)27-33-23-15-21(11-12-24(23)34(27)5)28(37)35-13-7-8-22(18-35)32-29(38)39-30(2,3)4/h9-12,14-16,22H,6-8,13,18H2,1-5H3,(H,32,38)/t22-/m1/s1. The fourth-order valence-electron chi connectivity index (χ4n) is 5.35. The highest BCUT2D eigenvalue weighted by atomic mass is 16.6. The summed E-state index contributed by atoms with van der Waals surface area (Å²) < 4.78 is 9.59. The number of carbonyl (C=O) groups is 2. The lowest BCUT2D eigenvalue weighted by Crippen LogP contribution is -2.50. The molecule has 1 aliphatic rings. The van der Waals surface area contributed by atoms with Crippen molar-refractivity contribution >= 4 is 33.9 Å². The molecule has 2 amide bonds. The SMILES string of the molecule is CCn1c(-c2nc3cc(C(=O)N4CCC[C@@H](NC(=O)OC(C)(C)C)C4)ccc3n2C)cc2ccc(C#N)cc21. The summed E-state index contributed by atoms with van der Waals surface area (Å²) in [6.45, 7) is 9.36. The Hall–Kier alpha value is -4.32. The van der Waals surface area contributed by atoms with Crippen molar-refractivity contribution in [2.24, 2.45) is 7.05 Å². The molecule has 39 heavy (non-hydrogen) atoms. The Kier molecular flexibility index (Phi) is 6.81. The molecular weight excluding hydrogens is 492 g/mol. The van der Waals surface area contributed by atoms with Gasteiger partial charge in [0.05, 0.1) is 28.4 Å². The van der Waals surface area contributed by atoms with E-state index in [4.69, 9.17) is 9.72 Å². The molecule has 3 heterocycles. The monoisotopic (exact) mass is 526 g/mol. The Morgan fingerprint density at radius 3 is 2.67 bits per heavy atom. The van der Waals surface area contributed by atoms with E-state index in [1.54, 1.807) is 4.90 Å². The van der Waals surface area contributed by atoms with Crippen LogP contribution in [0, 0.1) is 11.3 Å². The van der Waals surface area contributed by atoms with Gasteiger partial charge in [0.25, 0.3) is 5.91 Å². The van der Waals surface area contributed by atoms with Gasteiger partial charge < -0.3 is 24.1 Å². The van der Waals surface area contributed by atoms with Gasteiger partial charge in [-0.2, -0.15) is 5.26 Å². The summed E-state index contributed by atoms with van der Waals surface area (Å²) in [5.74, 6) is 0.720. The number of rotatable bonds is 4. The van der Waals surface area contributed by atoms with Crippen LogP contribution in [0.25, 0.3) is 33.5 Å². The summed E-state index contributed by atoms with van der Waals surface area (Å²) in [5, 5.41) is 13.3. The second-order valence-electron chi connectivity index (χ2n) is 11.1. The van der Waals surface area contributed by atoms with Crippen molar-refractivity contribution in [1.82, 2.24) is 24.3 Å². The summed E-state index contributed by atoms with van der Waals surface area (Å²) in [7, 11) is 1.97. The van der Waals surface area contributed by atoms with Crippen LogP contribution in [0.2, 0.25) is 0 Å². The Morgan fingerprint density at radius 2 is 1.95 bits per heavy atom. The molecule has 1 N–H and O–H groups in total. The summed E-state index contributed by atoms with van der Waals surface area (Å²) >= 11 is 0. The van der Waals surface area contributed by atoms with Crippen LogP contribution in [-0.4, -0.2) is 55.8 Å². The number of benzene rings is 2. The number of nitrogens with zero attached hydrogens (tertiary/aromatic N) is 5. The van der Waals surface area contributed by atoms with Crippen LogP contribution >= 0.6 is 0 Å². The van der Waals surface area contributed by atoms with E-state index in [-0.39, 0.29) is 11.9 Å². The molecule has 0 spiro atoms. The Balaban J connectivity index is 1.41. The first-order chi connectivity index (χ1) is 18.6. The van der Waals surface area contributed by atoms with Gasteiger partial charge >= 0.3 is 6.09 Å². The molecule has 0 unspecified atom stereocenters. The minimum absolute atomic E-state index is 0.0773. The smallest absolute Gasteiger partial charge is 0.407 e. The number of nitrogens with one attached hydrogen (secondary N) is 1. The number of nitriles is 1. The van der Waals surface area contributed by atoms with E-state index in [0.717, 1.165) is 52.8 Å². The van der Waals surface area contributed by atoms with Gasteiger partial charge in [-0.25, -0.2) is 9.78 Å². The van der Waals surface area contributed by atoms with Gasteiger partial charge in [0.2, 0.25) is 0 Å². The van der Waals surface area contributed by atoms with Gasteiger partial charge in [0.15, 0.2) is 5.82 Å². The molecule has 9 heteroatoms. The zero-order chi connectivity index (χ0) is 27.9. The van der Waals surface area contributed by atoms with E-state index in [9.17, 15) is 14.9 Å². The molecule has 0 radical (unpaired) electrons. The predicted octanol–water partition coefficient (Wildman–Crippen LogP) is 5.22. The fourth-order valence-corrected chi connectivity index (χ4v) is 5.35. The van der Waals surface area contributed by atoms with Crippen LogP contribution in [0.4, 0.5) is 4.79 Å². The highest BCUT2D eigenvalue weighted by molar-refractivity contribution is 5.98. The molecule has 202 valence electrons. The van der Waals surface area contributed by atoms with Crippen LogP contribution in [0.3, 0.4) is 0 Å². The number of aryl methyl sites for hydroxylation is 2. The fraction of sp³-hybridized carbons (Fsp3) is 0.400. The van der Waals surface area contributed by atoms with Crippen molar-refractivity contribution in [2.75, 3.05) is 13.1 Å². The first kappa shape index (κ1) is 26.3. The molecule has 0 aliphatic carbocycles. The summed E-state index contributed by atoms with van der Waals surface area (Å²) in [6.07, 6.45) is 1.14. The summed E-state index contributed by atoms with van der Waals surface area (Å²) in [6, 6.07) is 15.5. The molecule has 1 aliphatic heterocycles. The van der Waals surface area contributed by atoms with Crippen molar-refractivity contribution in [3.63, 3.8) is 0 Å². The Labute approximate surface area is 228 Å². The van der Waals surface area contributed by atoms with Crippen molar-refractivity contribution in [3.05, 3.63) is 53.6 Å². The Morgan fingerprint density at radius 1 is 1.15 bits per heavy atom. The number of imidazole rings is 1. The predicted molar refractivity (Wildman–Crippen MR) is 150 cm³/mol. The van der Waals surface area contributed by atoms with Crippen LogP contribution in [0.1, 0.15) is 56.5 Å². The molecule has 9 nitrogen and oxygen atoms in total. The molecule has 5 rings (SSSR count). The largest absolute Gasteiger partial charge is 0.444 e. The molecule has 1 atom stereocenters. The lowest BCUT2D eigenvalue weighted by atomic mass is 10.0. The minimum Gasteiger partial charge on any atom is -0.444 e. The van der Waals surface area contributed by atoms with Crippen molar-refractivity contribution in [1.29, 1.82) is 5.26 Å². The van der Waals surface area contributed by atoms with Gasteiger partial charge in [0.1, 0.15) is 5.60 Å². The first-order valence-electron chi connectivity index (χ1n) is 13.4. The Bertz CT molecular complexity index is 1620. The van der Waals surface area contributed by atoms with Crippen LogP contribution in [0.5, 0.6) is 0 Å². The average Bonchev–Trinajstić information content (AvgIpc) is 3.43. The number of alkyl carbamates (subject to hydrolysis) is 1. The number of aromatic nitrogens is 3. The van der Waals surface area contributed by atoms with Gasteiger partial charge in [-0.3, -0.25) is 4.79 Å². The van der Waals surface area contributed by atoms with Crippen molar-refractivity contribution in [3.8, 4) is 17.6 Å². The molecule has 0 saturated carbocycles. The van der Waals surface area contributed by atoms with Crippen molar-refractivity contribution < 1.29 is 14.3 Å². The highest BCUT2D eigenvalue weighted by Gasteiger charge is 2.28. The molecule has 1 saturated heterocycles. The maximum atomic E-state index is 13.5. The maximum Gasteiger partial charge on any atom is 0.407 e. The molecule has 2 aromatic carbocycles. The van der Waals surface area contributed by atoms with E-state index >= 15 is 0 Å². The highest BCUT2D eigenvalue weighted by Crippen LogP contribution is 2.31. The molecule has 4 aromatic rings. The zero-order valence-electron chi connectivity index (χ0n) is 23.1. The van der Waals surface area contributed by atoms with E-state index < -0.39 is 11.7 Å². The third kappa shape index (κ3) is 5.19. The van der Waals surface area contributed by atoms with E-state index in [2.05, 4.69) is 28.9 Å². The third-order valence-electron chi connectivity index (χ3n) is 7.14. The maximum absolute atomic E-state index is 13.5. The van der Waals surface area contributed by atoms with E-state index in [0.29, 0.717) is 24.2 Å². The van der Waals surface area contributed by atoms with Gasteiger partial charge in [0, 0.05) is 49.2 Å². The number of hydrogen-bond donors (Lipinski definition) is 1. The number of fused-ring (bicyclic) bond motifs is 2. The van der Waals surface area contributed by atoms with Crippen molar-refractivity contribution in [2.45, 2.75) is 58.7 Å². The first-order valence-corrected chi connectivity index (χ1v) is 13.4. The lowest BCUT2D eigenvalue weighted by Gasteiger charge is -2.33. The third-order valence-corrected chi connectivity index (χ3v) is 7.14. The zero-order valence-corrected chi connectivity index (χ0v) is 23.1. The molecule has 1 fully saturated rings. The molecule has 2 aromatic heterocycles. The molecule has 0 bridgehead atoms. The van der Waals surface area contributed by atoms with Crippen LogP contribution in [0.15, 0.2) is 42.5 Å². The number of hydrogen-bond acceptors (Lipinski definition) is 5. The topological polar surface area (TPSA) is 105 Å². The summed E-state index contributed by atoms with van der Waals surface area (Å²) in [4.78, 5) is 32.4. The lowest BCUT2D eigenvalue weighted by molar-refractivity contribution is 0.0452. The van der Waals surface area contributed by atoms with Crippen LogP contribution in [-0.2, 0) is 18.3 Å². The number of likely N-dealkylation sites (tertiary alicyclic amines) is 1.